The molecule has 2 nitrogen and oxygen atoms in total. The van der Waals surface area contributed by atoms with Crippen molar-refractivity contribution < 1.29 is 9.59 Å². The highest BCUT2D eigenvalue weighted by atomic mass is 16.1. The van der Waals surface area contributed by atoms with E-state index in [1.54, 1.807) is 0 Å². The van der Waals surface area contributed by atoms with Crippen LogP contribution in [0.1, 0.15) is 86.0 Å². The molecule has 0 aliphatic heterocycles. The molecule has 144 valence electrons. The summed E-state index contributed by atoms with van der Waals surface area (Å²) in [7, 11) is 0. The summed E-state index contributed by atoms with van der Waals surface area (Å²) in [6, 6.07) is 0. The Bertz CT molecular complexity index is 666. The monoisotopic (exact) mass is 356 g/mol. The second kappa shape index (κ2) is 5.79. The normalized spacial score (nSPS) is 47.5. The fourth-order valence-electron chi connectivity index (χ4n) is 7.43. The molecular weight excluding hydrogens is 320 g/mol. The molecule has 0 aromatic rings. The largest absolute Gasteiger partial charge is 0.299 e. The number of carbonyl (C=O) groups excluding carboxylic acids is 2. The van der Waals surface area contributed by atoms with Gasteiger partial charge in [-0.05, 0) is 78.6 Å². The first kappa shape index (κ1) is 18.4. The van der Waals surface area contributed by atoms with Gasteiger partial charge in [0.25, 0.3) is 0 Å². The lowest BCUT2D eigenvalue weighted by Crippen LogP contribution is -2.54. The van der Waals surface area contributed by atoms with Gasteiger partial charge in [0.1, 0.15) is 5.78 Å². The molecule has 0 bridgehead atoms. The van der Waals surface area contributed by atoms with Crippen LogP contribution in [-0.4, -0.2) is 11.6 Å². The predicted molar refractivity (Wildman–Crippen MR) is 105 cm³/mol. The number of fused-ring (bicyclic) bond motifs is 5. The van der Waals surface area contributed by atoms with Gasteiger partial charge in [0.15, 0.2) is 5.78 Å². The average Bonchev–Trinajstić information content (AvgIpc) is 2.83. The molecule has 6 atom stereocenters. The number of ketones is 2. The van der Waals surface area contributed by atoms with Crippen molar-refractivity contribution in [2.24, 2.45) is 39.9 Å². The van der Waals surface area contributed by atoms with Crippen molar-refractivity contribution in [3.63, 3.8) is 0 Å². The van der Waals surface area contributed by atoms with Crippen molar-refractivity contribution >= 4 is 11.6 Å². The van der Waals surface area contributed by atoms with Gasteiger partial charge in [0.2, 0.25) is 0 Å². The van der Waals surface area contributed by atoms with Gasteiger partial charge in [-0.25, -0.2) is 0 Å². The highest BCUT2D eigenvalue weighted by Crippen LogP contribution is 2.65. The Balaban J connectivity index is 1.66. The third-order valence-electron chi connectivity index (χ3n) is 8.74. The average molecular weight is 357 g/mol. The van der Waals surface area contributed by atoms with E-state index in [1.807, 2.05) is 0 Å². The molecule has 4 saturated carbocycles. The topological polar surface area (TPSA) is 34.1 Å². The second-order valence-corrected chi connectivity index (χ2v) is 11.4. The molecule has 0 radical (unpaired) electrons. The lowest BCUT2D eigenvalue weighted by Gasteiger charge is -2.59. The van der Waals surface area contributed by atoms with Gasteiger partial charge in [-0.2, -0.15) is 0 Å². The molecule has 0 spiro atoms. The minimum Gasteiger partial charge on any atom is -0.299 e. The van der Waals surface area contributed by atoms with Crippen LogP contribution in [-0.2, 0) is 9.59 Å². The molecular formula is C24H36O2. The Kier molecular flexibility index (Phi) is 4.11. The van der Waals surface area contributed by atoms with Crippen LogP contribution in [0.25, 0.3) is 0 Å². The molecule has 4 rings (SSSR count). The van der Waals surface area contributed by atoms with E-state index in [0.717, 1.165) is 37.7 Å². The molecule has 2 heteroatoms. The van der Waals surface area contributed by atoms with Crippen LogP contribution in [0, 0.1) is 39.9 Å². The molecule has 0 aromatic carbocycles. The van der Waals surface area contributed by atoms with Crippen LogP contribution >= 0.6 is 0 Å². The summed E-state index contributed by atoms with van der Waals surface area (Å²) in [6.45, 7) is 11.3. The van der Waals surface area contributed by atoms with Crippen molar-refractivity contribution in [1.29, 1.82) is 0 Å². The Labute approximate surface area is 159 Å². The van der Waals surface area contributed by atoms with Crippen LogP contribution < -0.4 is 0 Å². The fourth-order valence-corrected chi connectivity index (χ4v) is 7.43. The Hall–Kier alpha value is -0.920. The smallest absolute Gasteiger partial charge is 0.158 e. The number of carbonyl (C=O) groups is 2. The molecule has 0 saturated heterocycles. The Morgan fingerprint density at radius 2 is 1.73 bits per heavy atom. The summed E-state index contributed by atoms with van der Waals surface area (Å²) < 4.78 is 0. The zero-order valence-electron chi connectivity index (χ0n) is 17.4. The van der Waals surface area contributed by atoms with E-state index < -0.39 is 0 Å². The van der Waals surface area contributed by atoms with Gasteiger partial charge in [-0.1, -0.05) is 40.7 Å². The van der Waals surface area contributed by atoms with Crippen molar-refractivity contribution in [2.75, 3.05) is 0 Å². The molecule has 4 aliphatic rings. The van der Waals surface area contributed by atoms with E-state index >= 15 is 0 Å². The van der Waals surface area contributed by atoms with Crippen molar-refractivity contribution in [1.82, 2.24) is 0 Å². The minimum atomic E-state index is -0.0427. The lowest BCUT2D eigenvalue weighted by atomic mass is 9.45. The lowest BCUT2D eigenvalue weighted by molar-refractivity contribution is -0.140. The SMILES string of the molecule is CC(C)(C)/C=C1\CC2(C)C(CCC3C4CCC(=O)C4(C)CCC32)CC1=O. The predicted octanol–water partition coefficient (Wildman–Crippen LogP) is 5.75. The molecule has 0 N–H and O–H groups in total. The Morgan fingerprint density at radius 1 is 1.00 bits per heavy atom. The van der Waals surface area contributed by atoms with Crippen LogP contribution in [0.2, 0.25) is 0 Å². The third-order valence-corrected chi connectivity index (χ3v) is 8.74. The van der Waals surface area contributed by atoms with Gasteiger partial charge in [-0.3, -0.25) is 9.59 Å². The second-order valence-electron chi connectivity index (χ2n) is 11.4. The minimum absolute atomic E-state index is 0.0427. The molecule has 4 aliphatic carbocycles. The maximum Gasteiger partial charge on any atom is 0.158 e. The van der Waals surface area contributed by atoms with E-state index in [9.17, 15) is 9.59 Å². The number of allylic oxidation sites excluding steroid dienone is 2. The fraction of sp³-hybridized carbons (Fsp3) is 0.833. The molecule has 0 aromatic heterocycles. The first-order chi connectivity index (χ1) is 12.0. The van der Waals surface area contributed by atoms with Gasteiger partial charge in [-0.15, -0.1) is 0 Å². The summed E-state index contributed by atoms with van der Waals surface area (Å²) in [5.41, 5.74) is 1.36. The number of Topliss-reactive ketones (excluding diaryl/α,β-unsaturated/α-hetero) is 2. The number of rotatable bonds is 0. The highest BCUT2D eigenvalue weighted by molar-refractivity contribution is 5.96. The van der Waals surface area contributed by atoms with Crippen LogP contribution in [0.5, 0.6) is 0 Å². The summed E-state index contributed by atoms with van der Waals surface area (Å²) >= 11 is 0. The standard InChI is InChI=1S/C24H36O2/c1-22(2,3)13-15-14-24(5)16(12-20(15)25)6-7-17-18-8-9-21(26)23(18,4)11-10-19(17)24/h13,16-19H,6-12,14H2,1-5H3/b15-13+. The van der Waals surface area contributed by atoms with Crippen molar-refractivity contribution in [3.8, 4) is 0 Å². The van der Waals surface area contributed by atoms with Gasteiger partial charge in [0.05, 0.1) is 0 Å². The zero-order chi connectivity index (χ0) is 18.9. The van der Waals surface area contributed by atoms with Crippen LogP contribution in [0.3, 0.4) is 0 Å². The third kappa shape index (κ3) is 2.66. The summed E-state index contributed by atoms with van der Waals surface area (Å²) in [5.74, 6) is 3.47. The van der Waals surface area contributed by atoms with E-state index in [-0.39, 0.29) is 16.2 Å². The van der Waals surface area contributed by atoms with E-state index in [4.69, 9.17) is 0 Å². The quantitative estimate of drug-likeness (QED) is 0.518. The summed E-state index contributed by atoms with van der Waals surface area (Å²) in [6.07, 6.45) is 10.6. The molecule has 4 fully saturated rings. The first-order valence-corrected chi connectivity index (χ1v) is 10.8. The molecule has 0 heterocycles. The van der Waals surface area contributed by atoms with Crippen LogP contribution in [0.4, 0.5) is 0 Å². The summed E-state index contributed by atoms with van der Waals surface area (Å²) in [4.78, 5) is 25.4. The Morgan fingerprint density at radius 3 is 2.42 bits per heavy atom. The highest BCUT2D eigenvalue weighted by Gasteiger charge is 2.60. The first-order valence-electron chi connectivity index (χ1n) is 10.8. The van der Waals surface area contributed by atoms with Crippen molar-refractivity contribution in [2.45, 2.75) is 86.0 Å². The van der Waals surface area contributed by atoms with E-state index in [1.165, 1.54) is 19.3 Å². The maximum atomic E-state index is 12.8. The molecule has 0 amide bonds. The number of hydrogen-bond donors (Lipinski definition) is 0. The van der Waals surface area contributed by atoms with Crippen molar-refractivity contribution in [3.05, 3.63) is 11.6 Å². The number of hydrogen-bond acceptors (Lipinski definition) is 2. The van der Waals surface area contributed by atoms with Gasteiger partial charge < -0.3 is 0 Å². The summed E-state index contributed by atoms with van der Waals surface area (Å²) in [5, 5.41) is 0. The van der Waals surface area contributed by atoms with Gasteiger partial charge in [0, 0.05) is 18.3 Å². The molecule has 26 heavy (non-hydrogen) atoms. The maximum absolute atomic E-state index is 12.8. The molecule has 6 unspecified atom stereocenters. The van der Waals surface area contributed by atoms with E-state index in [0.29, 0.717) is 35.2 Å². The van der Waals surface area contributed by atoms with Gasteiger partial charge >= 0.3 is 0 Å². The van der Waals surface area contributed by atoms with E-state index in [2.05, 4.69) is 40.7 Å². The van der Waals surface area contributed by atoms with Crippen LogP contribution in [0.15, 0.2) is 11.6 Å². The zero-order valence-corrected chi connectivity index (χ0v) is 17.4.